The van der Waals surface area contributed by atoms with Crippen LogP contribution in [-0.2, 0) is 22.6 Å². The van der Waals surface area contributed by atoms with Crippen LogP contribution in [0.3, 0.4) is 0 Å². The number of hydrogen-bond donors (Lipinski definition) is 0. The van der Waals surface area contributed by atoms with E-state index >= 15 is 0 Å². The molecule has 2 heterocycles. The summed E-state index contributed by atoms with van der Waals surface area (Å²) < 4.78 is 5.25. The predicted molar refractivity (Wildman–Crippen MR) is 142 cm³/mol. The fourth-order valence-corrected chi connectivity index (χ4v) is 5.63. The summed E-state index contributed by atoms with van der Waals surface area (Å²) in [5.74, 6) is -0.0481. The summed E-state index contributed by atoms with van der Waals surface area (Å²) in [5.41, 5.74) is 2.75. The molecule has 1 spiro atoms. The fourth-order valence-electron chi connectivity index (χ4n) is 5.63. The van der Waals surface area contributed by atoms with Crippen molar-refractivity contribution in [3.05, 3.63) is 83.4 Å². The van der Waals surface area contributed by atoms with Gasteiger partial charge in [-0.25, -0.2) is 4.79 Å². The van der Waals surface area contributed by atoms with Crippen LogP contribution in [-0.4, -0.2) is 65.5 Å². The lowest BCUT2D eigenvalue weighted by molar-refractivity contribution is -0.136. The maximum atomic E-state index is 13.9. The Kier molecular flexibility index (Phi) is 7.08. The highest BCUT2D eigenvalue weighted by Gasteiger charge is 2.57. The number of likely N-dealkylation sites (tertiary alicyclic amines) is 1. The van der Waals surface area contributed by atoms with Crippen molar-refractivity contribution < 1.29 is 14.3 Å². The molecule has 0 atom stereocenters. The quantitative estimate of drug-likeness (QED) is 0.333. The molecule has 0 unspecified atom stereocenters. The van der Waals surface area contributed by atoms with Crippen molar-refractivity contribution in [2.45, 2.75) is 44.8 Å². The van der Waals surface area contributed by atoms with Crippen LogP contribution in [0.4, 0.5) is 4.79 Å². The standard InChI is InChI=1S/C30H35N3O3/c1-23-8-10-24(11-9-23)21-31-17-14-30(15-18-31)28(34)32(29(35)33(30)16-5-19-36-2)22-25-12-13-26-6-3-4-7-27(26)20-25/h3-4,6-13,20H,5,14-19,21-22H2,1-2H3. The Morgan fingerprint density at radius 2 is 1.56 bits per heavy atom. The molecule has 0 saturated carbocycles. The molecule has 6 heteroatoms. The smallest absolute Gasteiger partial charge is 0.327 e. The molecule has 0 aromatic heterocycles. The van der Waals surface area contributed by atoms with Gasteiger partial charge in [0.15, 0.2) is 0 Å². The van der Waals surface area contributed by atoms with E-state index < -0.39 is 5.54 Å². The van der Waals surface area contributed by atoms with Crippen molar-refractivity contribution in [2.75, 3.05) is 33.4 Å². The lowest BCUT2D eigenvalue weighted by atomic mass is 9.85. The maximum Gasteiger partial charge on any atom is 0.327 e. The summed E-state index contributed by atoms with van der Waals surface area (Å²) in [6.07, 6.45) is 2.03. The average Bonchev–Trinajstić information content (AvgIpc) is 3.08. The molecule has 6 nitrogen and oxygen atoms in total. The van der Waals surface area contributed by atoms with Crippen molar-refractivity contribution in [1.82, 2.24) is 14.7 Å². The number of piperidine rings is 1. The molecule has 188 valence electrons. The van der Waals surface area contributed by atoms with Gasteiger partial charge in [-0.1, -0.05) is 66.2 Å². The zero-order valence-corrected chi connectivity index (χ0v) is 21.3. The fraction of sp³-hybridized carbons (Fsp3) is 0.400. The van der Waals surface area contributed by atoms with E-state index in [4.69, 9.17) is 4.74 Å². The highest BCUT2D eigenvalue weighted by Crippen LogP contribution is 2.38. The number of imide groups is 1. The molecule has 0 aliphatic carbocycles. The normalized spacial score (nSPS) is 18.1. The van der Waals surface area contributed by atoms with E-state index in [-0.39, 0.29) is 11.9 Å². The average molecular weight is 486 g/mol. The third kappa shape index (κ3) is 4.75. The molecule has 2 aliphatic heterocycles. The van der Waals surface area contributed by atoms with Gasteiger partial charge in [0.05, 0.1) is 6.54 Å². The van der Waals surface area contributed by atoms with Gasteiger partial charge in [-0.2, -0.15) is 0 Å². The van der Waals surface area contributed by atoms with Crippen molar-refractivity contribution >= 4 is 22.7 Å². The van der Waals surface area contributed by atoms with Crippen LogP contribution in [0.25, 0.3) is 10.8 Å². The number of methoxy groups -OCH3 is 1. The molecule has 36 heavy (non-hydrogen) atoms. The van der Waals surface area contributed by atoms with Gasteiger partial charge in [-0.15, -0.1) is 0 Å². The molecule has 2 saturated heterocycles. The molecule has 5 rings (SSSR count). The first kappa shape index (κ1) is 24.5. The van der Waals surface area contributed by atoms with Crippen LogP contribution in [0.2, 0.25) is 0 Å². The van der Waals surface area contributed by atoms with Crippen molar-refractivity contribution in [3.8, 4) is 0 Å². The van der Waals surface area contributed by atoms with E-state index in [0.717, 1.165) is 36.0 Å². The Bertz CT molecular complexity index is 1230. The second-order valence-electron chi connectivity index (χ2n) is 10.1. The summed E-state index contributed by atoms with van der Waals surface area (Å²) >= 11 is 0. The molecule has 0 radical (unpaired) electrons. The monoisotopic (exact) mass is 485 g/mol. The number of aryl methyl sites for hydroxylation is 1. The van der Waals surface area contributed by atoms with Crippen LogP contribution in [0.1, 0.15) is 36.0 Å². The highest BCUT2D eigenvalue weighted by atomic mass is 16.5. The number of carbonyl (C=O) groups is 2. The number of urea groups is 1. The van der Waals surface area contributed by atoms with Gasteiger partial charge in [-0.05, 0) is 54.2 Å². The molecule has 3 amide bonds. The van der Waals surface area contributed by atoms with Crippen LogP contribution in [0.5, 0.6) is 0 Å². The minimum Gasteiger partial charge on any atom is -0.385 e. The number of nitrogens with zero attached hydrogens (tertiary/aromatic N) is 3. The predicted octanol–water partition coefficient (Wildman–Crippen LogP) is 4.98. The van der Waals surface area contributed by atoms with Crippen LogP contribution >= 0.6 is 0 Å². The Labute approximate surface area is 213 Å². The van der Waals surface area contributed by atoms with Gasteiger partial charge in [0.2, 0.25) is 0 Å². The maximum absolute atomic E-state index is 13.9. The van der Waals surface area contributed by atoms with Gasteiger partial charge in [0, 0.05) is 39.9 Å². The van der Waals surface area contributed by atoms with Gasteiger partial charge in [0.1, 0.15) is 5.54 Å². The molecule has 3 aromatic carbocycles. The number of fused-ring (bicyclic) bond motifs is 1. The second-order valence-corrected chi connectivity index (χ2v) is 10.1. The van der Waals surface area contributed by atoms with Crippen LogP contribution in [0, 0.1) is 6.92 Å². The van der Waals surface area contributed by atoms with E-state index in [1.165, 1.54) is 16.0 Å². The number of carbonyl (C=O) groups excluding carboxylic acids is 2. The van der Waals surface area contributed by atoms with E-state index in [1.807, 2.05) is 23.1 Å². The molecule has 0 bridgehead atoms. The van der Waals surface area contributed by atoms with Crippen molar-refractivity contribution in [3.63, 3.8) is 0 Å². The summed E-state index contributed by atoms with van der Waals surface area (Å²) in [4.78, 5) is 33.3. The number of benzene rings is 3. The third-order valence-electron chi connectivity index (χ3n) is 7.72. The highest BCUT2D eigenvalue weighted by molar-refractivity contribution is 6.07. The zero-order chi connectivity index (χ0) is 25.1. The largest absolute Gasteiger partial charge is 0.385 e. The summed E-state index contributed by atoms with van der Waals surface area (Å²) in [6.45, 7) is 5.94. The number of rotatable bonds is 8. The Hall–Kier alpha value is -3.22. The second kappa shape index (κ2) is 10.4. The minimum absolute atomic E-state index is 0.0481. The summed E-state index contributed by atoms with van der Waals surface area (Å²) in [7, 11) is 1.67. The van der Waals surface area contributed by atoms with E-state index in [2.05, 4.69) is 60.4 Å². The van der Waals surface area contributed by atoms with Crippen LogP contribution < -0.4 is 0 Å². The third-order valence-corrected chi connectivity index (χ3v) is 7.72. The van der Waals surface area contributed by atoms with Gasteiger partial charge in [0.25, 0.3) is 5.91 Å². The first-order chi connectivity index (χ1) is 17.5. The van der Waals surface area contributed by atoms with E-state index in [9.17, 15) is 9.59 Å². The Balaban J connectivity index is 1.34. The zero-order valence-electron chi connectivity index (χ0n) is 21.3. The number of amides is 3. The van der Waals surface area contributed by atoms with E-state index in [0.29, 0.717) is 39.0 Å². The van der Waals surface area contributed by atoms with Crippen LogP contribution in [0.15, 0.2) is 66.7 Å². The molecule has 0 N–H and O–H groups in total. The SMILES string of the molecule is COCCCN1C(=O)N(Cc2ccc3ccccc3c2)C(=O)C12CCN(Cc1ccc(C)cc1)CC2. The molecule has 3 aromatic rings. The molecular formula is C30H35N3O3. The van der Waals surface area contributed by atoms with Gasteiger partial charge in [-0.3, -0.25) is 14.6 Å². The summed E-state index contributed by atoms with van der Waals surface area (Å²) in [6, 6.07) is 22.8. The van der Waals surface area contributed by atoms with Gasteiger partial charge < -0.3 is 9.64 Å². The topological polar surface area (TPSA) is 53.1 Å². The van der Waals surface area contributed by atoms with Crippen molar-refractivity contribution in [2.24, 2.45) is 0 Å². The molecule has 2 aliphatic rings. The number of ether oxygens (including phenoxy) is 1. The number of hydrogen-bond acceptors (Lipinski definition) is 4. The van der Waals surface area contributed by atoms with Crippen molar-refractivity contribution in [1.29, 1.82) is 0 Å². The first-order valence-corrected chi connectivity index (χ1v) is 12.9. The summed E-state index contributed by atoms with van der Waals surface area (Å²) in [5, 5.41) is 2.27. The molecular weight excluding hydrogens is 450 g/mol. The minimum atomic E-state index is -0.758. The Morgan fingerprint density at radius 3 is 2.28 bits per heavy atom. The molecule has 2 fully saturated rings. The lowest BCUT2D eigenvalue weighted by Gasteiger charge is -2.42. The van der Waals surface area contributed by atoms with E-state index in [1.54, 1.807) is 7.11 Å². The first-order valence-electron chi connectivity index (χ1n) is 12.9. The van der Waals surface area contributed by atoms with Gasteiger partial charge >= 0.3 is 6.03 Å². The Morgan fingerprint density at radius 1 is 0.861 bits per heavy atom. The lowest BCUT2D eigenvalue weighted by Crippen LogP contribution is -2.56.